The number of unbranched alkanes of at least 4 members (excludes halogenated alkanes) is 2. The molecule has 1 aromatic carbocycles. The molecule has 0 aliphatic carbocycles. The van der Waals surface area contributed by atoms with Crippen molar-refractivity contribution in [3.63, 3.8) is 0 Å². The summed E-state index contributed by atoms with van der Waals surface area (Å²) in [7, 11) is 1.71. The van der Waals surface area contributed by atoms with Gasteiger partial charge in [0.25, 0.3) is 11.9 Å². The molecule has 2 radical (unpaired) electrons. The first-order valence-corrected chi connectivity index (χ1v) is 11.5. The van der Waals surface area contributed by atoms with Crippen LogP contribution < -0.4 is 7.86 Å². The van der Waals surface area contributed by atoms with Crippen LogP contribution in [0.5, 0.6) is 5.75 Å². The molecule has 6 heteroatoms. The molecule has 0 unspecified atom stereocenters. The second-order valence-corrected chi connectivity index (χ2v) is 9.12. The van der Waals surface area contributed by atoms with E-state index in [1.165, 1.54) is 22.4 Å². The monoisotopic (exact) mass is 518 g/mol. The molecule has 1 rings (SSSR count). The molecule has 0 spiro atoms. The summed E-state index contributed by atoms with van der Waals surface area (Å²) >= 11 is -0.687. The molecule has 0 saturated carbocycles. The van der Waals surface area contributed by atoms with Crippen LogP contribution in [0.15, 0.2) is 34.0 Å². The van der Waals surface area contributed by atoms with E-state index in [-0.39, 0.29) is 0 Å². The first kappa shape index (κ1) is 23.9. The number of hydrogen-bond acceptors (Lipinski definition) is 3. The van der Waals surface area contributed by atoms with Crippen molar-refractivity contribution < 1.29 is 24.5 Å². The second-order valence-electron chi connectivity index (χ2n) is 4.46. The third-order valence-corrected chi connectivity index (χ3v) is 6.34. The maximum atomic E-state index is 9.00. The van der Waals surface area contributed by atoms with Crippen LogP contribution in [0.3, 0.4) is 0 Å². The third-order valence-electron chi connectivity index (χ3n) is 2.18. The zero-order chi connectivity index (χ0) is 18.1. The first-order chi connectivity index (χ1) is 10.8. The van der Waals surface area contributed by atoms with Gasteiger partial charge in [0, 0.05) is 13.8 Å². The van der Waals surface area contributed by atoms with E-state index in [0.29, 0.717) is 0 Å². The van der Waals surface area contributed by atoms with Crippen LogP contribution in [-0.2, 0) is 9.59 Å². The molecule has 0 aliphatic rings. The summed E-state index contributed by atoms with van der Waals surface area (Å²) in [5.74, 6) is -0.711. The van der Waals surface area contributed by atoms with Gasteiger partial charge in [0.15, 0.2) is 0 Å². The number of benzene rings is 1. The number of carbonyl (C=O) groups is 2. The average Bonchev–Trinajstić information content (AvgIpc) is 2.46. The van der Waals surface area contributed by atoms with Crippen molar-refractivity contribution in [1.82, 2.24) is 0 Å². The number of carboxylic acid groups (broad SMARTS) is 2. The fourth-order valence-corrected chi connectivity index (χ4v) is 4.50. The number of hydrogen-bond donors (Lipinski definition) is 2. The van der Waals surface area contributed by atoms with Crippen molar-refractivity contribution in [2.24, 2.45) is 0 Å². The Morgan fingerprint density at radius 2 is 1.61 bits per heavy atom. The molecule has 2 N–H and O–H groups in total. The van der Waals surface area contributed by atoms with Gasteiger partial charge in [-0.1, -0.05) is 0 Å². The van der Waals surface area contributed by atoms with E-state index in [2.05, 4.69) is 40.9 Å². The number of rotatable bonds is 6. The van der Waals surface area contributed by atoms with Crippen molar-refractivity contribution in [3.05, 3.63) is 34.0 Å². The maximum absolute atomic E-state index is 9.00. The fraction of sp³-hybridized carbons (Fsp3) is 0.412. The van der Waals surface area contributed by atoms with Gasteiger partial charge in [0.05, 0.1) is 0 Å². The summed E-state index contributed by atoms with van der Waals surface area (Å²) in [6.45, 7) is 4.40. The van der Waals surface area contributed by atoms with Crippen molar-refractivity contribution in [1.29, 1.82) is 0 Å². The van der Waals surface area contributed by atoms with Crippen LogP contribution in [0.1, 0.15) is 40.0 Å². The Hall–Kier alpha value is -1.38. The summed E-state index contributed by atoms with van der Waals surface area (Å²) in [4.78, 5) is 18.0. The second kappa shape index (κ2) is 17.0. The van der Waals surface area contributed by atoms with Gasteiger partial charge in [-0.05, 0) is 0 Å². The standard InChI is InChI=1S/C7H7O.C6H11.2C2H4O2.Pb/c1-8-7-5-3-2-4-6-7;1-3-5-6-4-2;2*1-2(3)4;/h3-6H,1H3;1,3H,4-6H2,2H3;2*1H3,(H,3,4);. The molecule has 128 valence electrons. The zero-order valence-electron chi connectivity index (χ0n) is 14.2. The molecule has 23 heavy (non-hydrogen) atoms. The van der Waals surface area contributed by atoms with Crippen LogP contribution in [-0.4, -0.2) is 53.5 Å². The molecule has 0 heterocycles. The van der Waals surface area contributed by atoms with Gasteiger partial charge in [-0.3, -0.25) is 9.59 Å². The summed E-state index contributed by atoms with van der Waals surface area (Å²) in [6.07, 6.45) is 6.22. The minimum atomic E-state index is -0.833. The Labute approximate surface area is 150 Å². The van der Waals surface area contributed by atoms with Crippen LogP contribution in [0.4, 0.5) is 0 Å². The molecule has 5 nitrogen and oxygen atoms in total. The van der Waals surface area contributed by atoms with Gasteiger partial charge in [0.1, 0.15) is 0 Å². The van der Waals surface area contributed by atoms with Crippen LogP contribution in [0.2, 0.25) is 0 Å². The average molecular weight is 518 g/mol. The minimum absolute atomic E-state index is 0.687. The summed E-state index contributed by atoms with van der Waals surface area (Å²) in [6, 6.07) is 8.52. The van der Waals surface area contributed by atoms with E-state index in [1.54, 1.807) is 7.11 Å². The Kier molecular flexibility index (Phi) is 17.6. The topological polar surface area (TPSA) is 83.8 Å². The Morgan fingerprint density at radius 3 is 2.00 bits per heavy atom. The van der Waals surface area contributed by atoms with Gasteiger partial charge >= 0.3 is 105 Å². The molecule has 0 aromatic heterocycles. The first-order valence-electron chi connectivity index (χ1n) is 7.28. The number of ether oxygens (including phenoxy) is 1. The SMILES string of the molecule is CC(=O)O.CC(=O)O.CCCC/C=[CH]/[Pb][c]1ccc(OC)cc1. The fourth-order valence-electron chi connectivity index (χ4n) is 1.25. The Morgan fingerprint density at radius 1 is 1.13 bits per heavy atom. The van der Waals surface area contributed by atoms with Crippen LogP contribution >= 0.6 is 0 Å². The van der Waals surface area contributed by atoms with Crippen LogP contribution in [0, 0.1) is 0 Å². The molecular weight excluding hydrogens is 491 g/mol. The molecular formula is C17H26O5Pb. The summed E-state index contributed by atoms with van der Waals surface area (Å²) in [5.41, 5.74) is 0. The molecule has 0 bridgehead atoms. The number of allylic oxidation sites excluding steroid dienone is 1. The van der Waals surface area contributed by atoms with Gasteiger partial charge in [-0.15, -0.1) is 0 Å². The molecule has 0 fully saturated rings. The Bertz CT molecular complexity index is 435. The van der Waals surface area contributed by atoms with E-state index in [1.807, 2.05) is 0 Å². The quantitative estimate of drug-likeness (QED) is 0.448. The van der Waals surface area contributed by atoms with E-state index >= 15 is 0 Å². The van der Waals surface area contributed by atoms with Crippen molar-refractivity contribution >= 4 is 39.3 Å². The molecule has 0 aliphatic heterocycles. The predicted molar refractivity (Wildman–Crippen MR) is 93.7 cm³/mol. The normalized spacial score (nSPS) is 9.22. The Balaban J connectivity index is 0. The van der Waals surface area contributed by atoms with E-state index in [9.17, 15) is 0 Å². The van der Waals surface area contributed by atoms with Crippen molar-refractivity contribution in [2.45, 2.75) is 40.0 Å². The molecule has 0 amide bonds. The van der Waals surface area contributed by atoms with Gasteiger partial charge in [-0.2, -0.15) is 0 Å². The summed E-state index contributed by atoms with van der Waals surface area (Å²) < 4.78 is 9.10. The summed E-state index contributed by atoms with van der Waals surface area (Å²) in [5, 5.41) is 14.8. The van der Waals surface area contributed by atoms with E-state index in [0.717, 1.165) is 19.6 Å². The van der Waals surface area contributed by atoms with Crippen molar-refractivity contribution in [2.75, 3.05) is 7.11 Å². The number of carboxylic acids is 2. The number of methoxy groups -OCH3 is 1. The van der Waals surface area contributed by atoms with Crippen LogP contribution in [0.25, 0.3) is 0 Å². The molecule has 0 atom stereocenters. The van der Waals surface area contributed by atoms with Gasteiger partial charge in [0.2, 0.25) is 0 Å². The van der Waals surface area contributed by atoms with Gasteiger partial charge < -0.3 is 10.2 Å². The van der Waals surface area contributed by atoms with Crippen molar-refractivity contribution in [3.8, 4) is 5.75 Å². The third kappa shape index (κ3) is 23.0. The zero-order valence-corrected chi connectivity index (χ0v) is 18.1. The van der Waals surface area contributed by atoms with E-state index in [4.69, 9.17) is 24.5 Å². The molecule has 1 aromatic rings. The van der Waals surface area contributed by atoms with Gasteiger partial charge in [-0.25, -0.2) is 0 Å². The number of aliphatic carboxylic acids is 2. The van der Waals surface area contributed by atoms with E-state index < -0.39 is 36.2 Å². The molecule has 0 saturated heterocycles. The predicted octanol–water partition coefficient (Wildman–Crippen LogP) is 2.91.